The van der Waals surface area contributed by atoms with E-state index in [-0.39, 0.29) is 5.78 Å². The van der Waals surface area contributed by atoms with Gasteiger partial charge in [-0.05, 0) is 43.7 Å². The molecule has 0 radical (unpaired) electrons. The van der Waals surface area contributed by atoms with Crippen LogP contribution in [0.15, 0.2) is 36.4 Å². The van der Waals surface area contributed by atoms with Crippen molar-refractivity contribution in [3.05, 3.63) is 58.1 Å². The van der Waals surface area contributed by atoms with E-state index in [9.17, 15) is 4.79 Å². The molecule has 20 heavy (non-hydrogen) atoms. The van der Waals surface area contributed by atoms with Crippen LogP contribution in [0.4, 0.5) is 0 Å². The average molecular weight is 286 g/mol. The molecule has 0 atom stereocenters. The van der Waals surface area contributed by atoms with Crippen molar-refractivity contribution in [3.8, 4) is 17.6 Å². The maximum Gasteiger partial charge on any atom is 0.161 e. The lowest BCUT2D eigenvalue weighted by molar-refractivity contribution is 0.101. The maximum absolute atomic E-state index is 11.3. The molecule has 0 heterocycles. The van der Waals surface area contributed by atoms with Crippen LogP contribution in [0.1, 0.15) is 28.4 Å². The average Bonchev–Trinajstić information content (AvgIpc) is 2.41. The molecule has 0 N–H and O–H groups in total. The van der Waals surface area contributed by atoms with Crippen LogP contribution in [0.25, 0.3) is 0 Å². The molecule has 0 saturated heterocycles. The molecule has 3 nitrogen and oxygen atoms in total. The largest absolute Gasteiger partial charge is 0.457 e. The van der Waals surface area contributed by atoms with Crippen LogP contribution in [0, 0.1) is 18.3 Å². The summed E-state index contributed by atoms with van der Waals surface area (Å²) in [5.74, 6) is 1.03. The van der Waals surface area contributed by atoms with E-state index in [4.69, 9.17) is 21.6 Å². The van der Waals surface area contributed by atoms with Gasteiger partial charge in [-0.1, -0.05) is 17.7 Å². The van der Waals surface area contributed by atoms with Gasteiger partial charge in [0.1, 0.15) is 11.5 Å². The summed E-state index contributed by atoms with van der Waals surface area (Å²) in [6.07, 6.45) is 0. The Morgan fingerprint density at radius 1 is 1.25 bits per heavy atom. The first-order chi connectivity index (χ1) is 9.51. The number of Topliss-reactive ketones (excluding diaryl/α,β-unsaturated/α-hetero) is 1. The van der Waals surface area contributed by atoms with Gasteiger partial charge in [-0.25, -0.2) is 0 Å². The molecule has 0 spiro atoms. The minimum Gasteiger partial charge on any atom is -0.457 e. The highest BCUT2D eigenvalue weighted by Crippen LogP contribution is 2.29. The van der Waals surface area contributed by atoms with Crippen molar-refractivity contribution in [2.75, 3.05) is 0 Å². The minimum absolute atomic E-state index is 0.0933. The monoisotopic (exact) mass is 285 g/mol. The molecule has 0 aromatic heterocycles. The third-order valence-corrected chi connectivity index (χ3v) is 3.18. The smallest absolute Gasteiger partial charge is 0.161 e. The van der Waals surface area contributed by atoms with Crippen LogP contribution in [0.3, 0.4) is 0 Å². The fraction of sp³-hybridized carbons (Fsp3) is 0.125. The standard InChI is InChI=1S/C16H12ClNO2/c1-10-3-4-12(9-18)7-16(10)20-13-5-6-14(11(2)19)15(17)8-13/h3-8H,1-2H3. The highest BCUT2D eigenvalue weighted by atomic mass is 35.5. The van der Waals surface area contributed by atoms with E-state index in [2.05, 4.69) is 6.07 Å². The molecule has 0 aliphatic carbocycles. The summed E-state index contributed by atoms with van der Waals surface area (Å²) in [6.45, 7) is 3.35. The number of aryl methyl sites for hydroxylation is 1. The first-order valence-electron chi connectivity index (χ1n) is 6.00. The molecule has 4 heteroatoms. The second kappa shape index (κ2) is 5.77. The molecule has 2 aromatic rings. The predicted molar refractivity (Wildman–Crippen MR) is 77.4 cm³/mol. The van der Waals surface area contributed by atoms with E-state index >= 15 is 0 Å². The zero-order chi connectivity index (χ0) is 14.7. The van der Waals surface area contributed by atoms with Gasteiger partial charge in [0, 0.05) is 11.6 Å². The Kier molecular flexibility index (Phi) is 4.07. The van der Waals surface area contributed by atoms with Gasteiger partial charge in [-0.2, -0.15) is 5.26 Å². The van der Waals surface area contributed by atoms with Crippen molar-refractivity contribution in [3.63, 3.8) is 0 Å². The molecule has 0 aliphatic rings. The number of rotatable bonds is 3. The predicted octanol–water partition coefficient (Wildman–Crippen LogP) is 4.52. The van der Waals surface area contributed by atoms with Crippen LogP contribution in [0.5, 0.6) is 11.5 Å². The van der Waals surface area contributed by atoms with Crippen LogP contribution in [-0.4, -0.2) is 5.78 Å². The molecule has 0 saturated carbocycles. The lowest BCUT2D eigenvalue weighted by atomic mass is 10.1. The number of ether oxygens (including phenoxy) is 1. The highest BCUT2D eigenvalue weighted by molar-refractivity contribution is 6.34. The molecule has 0 bridgehead atoms. The van der Waals surface area contributed by atoms with Crippen molar-refractivity contribution in [1.82, 2.24) is 0 Å². The van der Waals surface area contributed by atoms with Crippen LogP contribution in [0.2, 0.25) is 5.02 Å². The summed E-state index contributed by atoms with van der Waals surface area (Å²) in [6, 6.07) is 12.2. The first-order valence-corrected chi connectivity index (χ1v) is 6.38. The third-order valence-electron chi connectivity index (χ3n) is 2.86. The van der Waals surface area contributed by atoms with E-state index in [1.54, 1.807) is 30.3 Å². The van der Waals surface area contributed by atoms with Gasteiger partial charge < -0.3 is 4.74 Å². The van der Waals surface area contributed by atoms with E-state index < -0.39 is 0 Å². The van der Waals surface area contributed by atoms with Gasteiger partial charge in [0.25, 0.3) is 0 Å². The van der Waals surface area contributed by atoms with E-state index in [0.717, 1.165) is 5.56 Å². The fourth-order valence-electron chi connectivity index (χ4n) is 1.75. The summed E-state index contributed by atoms with van der Waals surface area (Å²) in [5.41, 5.74) is 1.90. The Morgan fingerprint density at radius 3 is 2.60 bits per heavy atom. The molecule has 0 fully saturated rings. The Labute approximate surface area is 122 Å². The summed E-state index contributed by atoms with van der Waals surface area (Å²) in [7, 11) is 0. The van der Waals surface area contributed by atoms with Crippen molar-refractivity contribution >= 4 is 17.4 Å². The number of nitriles is 1. The van der Waals surface area contributed by atoms with Crippen molar-refractivity contribution in [2.45, 2.75) is 13.8 Å². The van der Waals surface area contributed by atoms with Gasteiger partial charge in [-0.3, -0.25) is 4.79 Å². The van der Waals surface area contributed by atoms with Crippen LogP contribution >= 0.6 is 11.6 Å². The third kappa shape index (κ3) is 2.98. The normalized spacial score (nSPS) is 9.90. The molecular formula is C16H12ClNO2. The zero-order valence-corrected chi connectivity index (χ0v) is 11.9. The fourth-order valence-corrected chi connectivity index (χ4v) is 2.06. The van der Waals surface area contributed by atoms with Crippen LogP contribution in [-0.2, 0) is 0 Å². The van der Waals surface area contributed by atoms with Gasteiger partial charge >= 0.3 is 0 Å². The van der Waals surface area contributed by atoms with Crippen molar-refractivity contribution < 1.29 is 9.53 Å². The zero-order valence-electron chi connectivity index (χ0n) is 11.1. The Hall–Kier alpha value is -2.31. The summed E-state index contributed by atoms with van der Waals surface area (Å²) in [4.78, 5) is 11.3. The summed E-state index contributed by atoms with van der Waals surface area (Å²) >= 11 is 6.04. The number of benzene rings is 2. The van der Waals surface area contributed by atoms with Gasteiger partial charge in [0.05, 0.1) is 16.7 Å². The number of nitrogens with zero attached hydrogens (tertiary/aromatic N) is 1. The molecule has 0 unspecified atom stereocenters. The second-order valence-corrected chi connectivity index (χ2v) is 4.80. The van der Waals surface area contributed by atoms with E-state index in [1.807, 2.05) is 13.0 Å². The number of ketones is 1. The molecule has 0 amide bonds. The number of carbonyl (C=O) groups excluding carboxylic acids is 1. The minimum atomic E-state index is -0.0933. The Bertz CT molecular complexity index is 717. The summed E-state index contributed by atoms with van der Waals surface area (Å²) < 4.78 is 5.72. The molecule has 2 rings (SSSR count). The number of hydrogen-bond acceptors (Lipinski definition) is 3. The van der Waals surface area contributed by atoms with Crippen LogP contribution < -0.4 is 4.74 Å². The molecule has 0 aliphatic heterocycles. The Balaban J connectivity index is 2.33. The molecule has 2 aromatic carbocycles. The number of carbonyl (C=O) groups is 1. The highest BCUT2D eigenvalue weighted by Gasteiger charge is 2.08. The van der Waals surface area contributed by atoms with Gasteiger partial charge in [0.2, 0.25) is 0 Å². The van der Waals surface area contributed by atoms with E-state index in [0.29, 0.717) is 27.6 Å². The number of halogens is 1. The first kappa shape index (κ1) is 14.1. The molecule has 100 valence electrons. The quantitative estimate of drug-likeness (QED) is 0.779. The maximum atomic E-state index is 11.3. The van der Waals surface area contributed by atoms with E-state index in [1.165, 1.54) is 6.92 Å². The summed E-state index contributed by atoms with van der Waals surface area (Å²) in [5, 5.41) is 9.25. The molecular weight excluding hydrogens is 274 g/mol. The Morgan fingerprint density at radius 2 is 2.00 bits per heavy atom. The van der Waals surface area contributed by atoms with Gasteiger partial charge in [-0.15, -0.1) is 0 Å². The van der Waals surface area contributed by atoms with Crippen molar-refractivity contribution in [2.24, 2.45) is 0 Å². The lowest BCUT2D eigenvalue weighted by Crippen LogP contribution is -1.94. The van der Waals surface area contributed by atoms with Crippen molar-refractivity contribution in [1.29, 1.82) is 5.26 Å². The second-order valence-electron chi connectivity index (χ2n) is 4.39. The van der Waals surface area contributed by atoms with Gasteiger partial charge in [0.15, 0.2) is 5.78 Å². The SMILES string of the molecule is CC(=O)c1ccc(Oc2cc(C#N)ccc2C)cc1Cl. The number of hydrogen-bond donors (Lipinski definition) is 0. The lowest BCUT2D eigenvalue weighted by Gasteiger charge is -2.10. The topological polar surface area (TPSA) is 50.1 Å².